The summed E-state index contributed by atoms with van der Waals surface area (Å²) >= 11 is 1.33. The number of nitro benzene ring substituents is 1. The van der Waals surface area contributed by atoms with Gasteiger partial charge in [-0.3, -0.25) is 15.5 Å². The molecule has 0 spiro atoms. The first-order chi connectivity index (χ1) is 14.5. The van der Waals surface area contributed by atoms with Gasteiger partial charge in [-0.25, -0.2) is 9.37 Å². The highest BCUT2D eigenvalue weighted by Gasteiger charge is 2.22. The van der Waals surface area contributed by atoms with Gasteiger partial charge in [0.1, 0.15) is 5.82 Å². The van der Waals surface area contributed by atoms with Crippen LogP contribution in [0.15, 0.2) is 46.9 Å². The molecule has 0 saturated carbocycles. The second-order valence-electron chi connectivity index (χ2n) is 5.91. The maximum atomic E-state index is 13.1. The Morgan fingerprint density at radius 3 is 2.63 bits per heavy atom. The van der Waals surface area contributed by atoms with Crippen molar-refractivity contribution in [2.24, 2.45) is 5.10 Å². The lowest BCUT2D eigenvalue weighted by Crippen LogP contribution is -2.03. The van der Waals surface area contributed by atoms with Gasteiger partial charge in [-0.2, -0.15) is 5.10 Å². The van der Waals surface area contributed by atoms with Crippen molar-refractivity contribution in [3.8, 4) is 22.8 Å². The SMILES string of the molecule is CCOc1cc(/C=N\Nc2nc(-c3ccc(F)cc3)cs2)cc([N+](=O)[O-])c1OCC. The minimum Gasteiger partial charge on any atom is -0.490 e. The number of aromatic nitrogens is 1. The lowest BCUT2D eigenvalue weighted by atomic mass is 10.2. The molecule has 0 bridgehead atoms. The summed E-state index contributed by atoms with van der Waals surface area (Å²) in [6.07, 6.45) is 1.43. The maximum Gasteiger partial charge on any atom is 0.315 e. The zero-order valence-electron chi connectivity index (χ0n) is 16.3. The van der Waals surface area contributed by atoms with Crippen LogP contribution in [-0.4, -0.2) is 29.3 Å². The van der Waals surface area contributed by atoms with Crippen molar-refractivity contribution in [2.75, 3.05) is 18.6 Å². The summed E-state index contributed by atoms with van der Waals surface area (Å²) in [5, 5.41) is 17.9. The molecule has 0 atom stereocenters. The molecule has 1 heterocycles. The van der Waals surface area contributed by atoms with Crippen LogP contribution < -0.4 is 14.9 Å². The van der Waals surface area contributed by atoms with Crippen molar-refractivity contribution in [1.29, 1.82) is 0 Å². The van der Waals surface area contributed by atoms with Gasteiger partial charge in [0.05, 0.1) is 30.0 Å². The normalized spacial score (nSPS) is 10.9. The quantitative estimate of drug-likeness (QED) is 0.288. The van der Waals surface area contributed by atoms with E-state index in [1.54, 1.807) is 32.0 Å². The van der Waals surface area contributed by atoms with E-state index in [0.717, 1.165) is 5.56 Å². The third kappa shape index (κ3) is 5.09. The Kier molecular flexibility index (Phi) is 6.91. The molecule has 1 N–H and O–H groups in total. The van der Waals surface area contributed by atoms with Gasteiger partial charge >= 0.3 is 5.69 Å². The molecule has 3 rings (SSSR count). The molecule has 0 aliphatic carbocycles. The Bertz CT molecular complexity index is 1050. The first-order valence-electron chi connectivity index (χ1n) is 9.10. The molecule has 0 radical (unpaired) electrons. The molecule has 10 heteroatoms. The summed E-state index contributed by atoms with van der Waals surface area (Å²) < 4.78 is 24.0. The van der Waals surface area contributed by atoms with Crippen LogP contribution in [0.3, 0.4) is 0 Å². The summed E-state index contributed by atoms with van der Waals surface area (Å²) in [6.45, 7) is 4.13. The van der Waals surface area contributed by atoms with E-state index in [1.165, 1.54) is 35.8 Å². The topological polar surface area (TPSA) is 98.9 Å². The summed E-state index contributed by atoms with van der Waals surface area (Å²) in [5.41, 5.74) is 4.54. The number of nitro groups is 1. The lowest BCUT2D eigenvalue weighted by molar-refractivity contribution is -0.385. The molecule has 156 valence electrons. The number of nitrogens with zero attached hydrogens (tertiary/aromatic N) is 3. The Hall–Kier alpha value is -3.53. The van der Waals surface area contributed by atoms with Crippen LogP contribution >= 0.6 is 11.3 Å². The number of hydrogen-bond acceptors (Lipinski definition) is 8. The standard InChI is InChI=1S/C20H19FN4O4S/c1-3-28-18-10-13(9-17(25(26)27)19(18)29-4-2)11-22-24-20-23-16(12-30-20)14-5-7-15(21)8-6-14/h5-12H,3-4H2,1-2H3,(H,23,24)/b22-11-. The number of anilines is 1. The van der Waals surface area contributed by atoms with E-state index in [9.17, 15) is 14.5 Å². The molecule has 30 heavy (non-hydrogen) atoms. The van der Waals surface area contributed by atoms with Crippen LogP contribution in [0, 0.1) is 15.9 Å². The Morgan fingerprint density at radius 1 is 1.23 bits per heavy atom. The van der Waals surface area contributed by atoms with Gasteiger partial charge in [0.25, 0.3) is 0 Å². The van der Waals surface area contributed by atoms with E-state index in [1.807, 2.05) is 5.38 Å². The summed E-state index contributed by atoms with van der Waals surface area (Å²) in [5.74, 6) is 0.0639. The van der Waals surface area contributed by atoms with Crippen molar-refractivity contribution < 1.29 is 18.8 Å². The molecule has 0 fully saturated rings. The highest BCUT2D eigenvalue weighted by Crippen LogP contribution is 2.38. The molecule has 1 aromatic heterocycles. The highest BCUT2D eigenvalue weighted by atomic mass is 32.1. The molecule has 8 nitrogen and oxygen atoms in total. The average molecular weight is 430 g/mol. The lowest BCUT2D eigenvalue weighted by Gasteiger charge is -2.11. The van der Waals surface area contributed by atoms with Crippen LogP contribution in [-0.2, 0) is 0 Å². The van der Waals surface area contributed by atoms with Crippen LogP contribution in [0.4, 0.5) is 15.2 Å². The Morgan fingerprint density at radius 2 is 1.97 bits per heavy atom. The van der Waals surface area contributed by atoms with Gasteiger partial charge in [-0.1, -0.05) is 0 Å². The average Bonchev–Trinajstić information content (AvgIpc) is 3.19. The summed E-state index contributed by atoms with van der Waals surface area (Å²) in [6, 6.07) is 9.02. The third-order valence-electron chi connectivity index (χ3n) is 3.86. The first kappa shape index (κ1) is 21.2. The van der Waals surface area contributed by atoms with E-state index in [-0.39, 0.29) is 29.6 Å². The summed E-state index contributed by atoms with van der Waals surface area (Å²) in [4.78, 5) is 15.3. The van der Waals surface area contributed by atoms with Crippen molar-refractivity contribution in [2.45, 2.75) is 13.8 Å². The van der Waals surface area contributed by atoms with Crippen LogP contribution in [0.2, 0.25) is 0 Å². The molecule has 0 amide bonds. The minimum absolute atomic E-state index is 0.0957. The Balaban J connectivity index is 1.79. The van der Waals surface area contributed by atoms with E-state index >= 15 is 0 Å². The fourth-order valence-corrected chi connectivity index (χ4v) is 3.28. The monoisotopic (exact) mass is 430 g/mol. The second kappa shape index (κ2) is 9.79. The Labute approximate surface area is 176 Å². The van der Waals surface area contributed by atoms with Gasteiger partial charge in [-0.05, 0) is 44.2 Å². The molecule has 3 aromatic rings. The van der Waals surface area contributed by atoms with Gasteiger partial charge in [0, 0.05) is 22.6 Å². The third-order valence-corrected chi connectivity index (χ3v) is 4.61. The van der Waals surface area contributed by atoms with Crippen LogP contribution in [0.25, 0.3) is 11.3 Å². The fraction of sp³-hybridized carbons (Fsp3) is 0.200. The van der Waals surface area contributed by atoms with E-state index in [4.69, 9.17) is 9.47 Å². The van der Waals surface area contributed by atoms with Gasteiger partial charge in [0.2, 0.25) is 10.9 Å². The van der Waals surface area contributed by atoms with Crippen LogP contribution in [0.5, 0.6) is 11.5 Å². The molecule has 0 saturated heterocycles. The maximum absolute atomic E-state index is 13.1. The molecule has 2 aromatic carbocycles. The molecular weight excluding hydrogens is 411 g/mol. The predicted octanol–water partition coefficient (Wildman–Crippen LogP) is 5.10. The molecular formula is C20H19FN4O4S. The van der Waals surface area contributed by atoms with Crippen LogP contribution in [0.1, 0.15) is 19.4 Å². The van der Waals surface area contributed by atoms with E-state index in [2.05, 4.69) is 15.5 Å². The number of hydrazone groups is 1. The molecule has 0 unspecified atom stereocenters. The van der Waals surface area contributed by atoms with E-state index in [0.29, 0.717) is 23.0 Å². The first-order valence-corrected chi connectivity index (χ1v) is 9.98. The largest absolute Gasteiger partial charge is 0.490 e. The fourth-order valence-electron chi connectivity index (χ4n) is 2.61. The number of hydrogen-bond donors (Lipinski definition) is 1. The zero-order chi connectivity index (χ0) is 21.5. The highest BCUT2D eigenvalue weighted by molar-refractivity contribution is 7.14. The number of ether oxygens (including phenoxy) is 2. The number of nitrogens with one attached hydrogen (secondary N) is 1. The number of halogens is 1. The van der Waals surface area contributed by atoms with E-state index < -0.39 is 4.92 Å². The van der Waals surface area contributed by atoms with Crippen molar-refractivity contribution >= 4 is 28.4 Å². The predicted molar refractivity (Wildman–Crippen MR) is 114 cm³/mol. The van der Waals surface area contributed by atoms with Gasteiger partial charge in [0.15, 0.2) is 5.75 Å². The van der Waals surface area contributed by atoms with Crippen molar-refractivity contribution in [1.82, 2.24) is 4.98 Å². The molecule has 0 aliphatic heterocycles. The smallest absolute Gasteiger partial charge is 0.315 e. The van der Waals surface area contributed by atoms with Gasteiger partial charge < -0.3 is 9.47 Å². The second-order valence-corrected chi connectivity index (χ2v) is 6.76. The van der Waals surface area contributed by atoms with Crippen molar-refractivity contribution in [3.05, 3.63) is 63.3 Å². The minimum atomic E-state index is -0.520. The summed E-state index contributed by atoms with van der Waals surface area (Å²) in [7, 11) is 0. The molecule has 0 aliphatic rings. The number of benzene rings is 2. The number of rotatable bonds is 9. The zero-order valence-corrected chi connectivity index (χ0v) is 17.1. The number of thiazole rings is 1. The van der Waals surface area contributed by atoms with Crippen molar-refractivity contribution in [3.63, 3.8) is 0 Å². The van der Waals surface area contributed by atoms with Gasteiger partial charge in [-0.15, -0.1) is 11.3 Å².